The van der Waals surface area contributed by atoms with Gasteiger partial charge in [0.15, 0.2) is 0 Å². The van der Waals surface area contributed by atoms with E-state index in [1.165, 1.54) is 12.1 Å². The number of urea groups is 1. The fraction of sp³-hybridized carbons (Fsp3) is 0.250. The van der Waals surface area contributed by atoms with E-state index in [9.17, 15) is 14.0 Å². The van der Waals surface area contributed by atoms with Gasteiger partial charge >= 0.3 is 6.03 Å². The molecule has 1 saturated heterocycles. The first-order valence-corrected chi connectivity index (χ1v) is 10.3. The third-order valence-corrected chi connectivity index (χ3v) is 5.51. The van der Waals surface area contributed by atoms with Crippen LogP contribution in [0.4, 0.5) is 14.9 Å². The number of carbonyl (C=O) groups is 2. The molecule has 160 valence electrons. The Balaban J connectivity index is 1.49. The van der Waals surface area contributed by atoms with E-state index in [1.54, 1.807) is 35.4 Å². The number of carbonyl (C=O) groups excluding carboxylic acids is 2. The maximum atomic E-state index is 13.4. The largest absolute Gasteiger partial charge is 0.467 e. The normalized spacial score (nSPS) is 18.4. The molecule has 0 bridgehead atoms. The van der Waals surface area contributed by atoms with Crippen molar-refractivity contribution >= 4 is 17.6 Å². The second-order valence-electron chi connectivity index (χ2n) is 7.59. The highest BCUT2D eigenvalue weighted by Gasteiger charge is 2.35. The smallest absolute Gasteiger partial charge is 0.322 e. The Labute approximate surface area is 180 Å². The maximum Gasteiger partial charge on any atom is 0.322 e. The van der Waals surface area contributed by atoms with Crippen molar-refractivity contribution in [1.29, 1.82) is 0 Å². The maximum absolute atomic E-state index is 13.4. The molecule has 0 unspecified atom stereocenters. The third kappa shape index (κ3) is 5.12. The zero-order valence-electron chi connectivity index (χ0n) is 17.0. The van der Waals surface area contributed by atoms with Crippen LogP contribution in [0.25, 0.3) is 0 Å². The molecule has 2 aromatic carbocycles. The molecule has 2 N–H and O–H groups in total. The molecule has 0 radical (unpaired) electrons. The molecule has 1 aliphatic rings. The summed E-state index contributed by atoms with van der Waals surface area (Å²) in [4.78, 5) is 27.5. The number of nitrogens with one attached hydrogen (secondary N) is 2. The van der Waals surface area contributed by atoms with Gasteiger partial charge in [0.1, 0.15) is 11.6 Å². The molecular weight excluding hydrogens is 397 g/mol. The van der Waals surface area contributed by atoms with E-state index in [0.717, 1.165) is 5.56 Å². The number of hydrogen-bond acceptors (Lipinski definition) is 3. The molecule has 1 aliphatic heterocycles. The summed E-state index contributed by atoms with van der Waals surface area (Å²) in [7, 11) is 0. The first kappa shape index (κ1) is 20.7. The van der Waals surface area contributed by atoms with Crippen molar-refractivity contribution in [2.24, 2.45) is 5.92 Å². The quantitative estimate of drug-likeness (QED) is 0.626. The minimum atomic E-state index is -0.340. The van der Waals surface area contributed by atoms with E-state index in [2.05, 4.69) is 10.6 Å². The summed E-state index contributed by atoms with van der Waals surface area (Å²) in [5, 5.41) is 5.79. The Morgan fingerprint density at radius 2 is 1.77 bits per heavy atom. The molecule has 0 saturated carbocycles. The van der Waals surface area contributed by atoms with Crippen molar-refractivity contribution in [2.75, 3.05) is 11.9 Å². The van der Waals surface area contributed by atoms with Gasteiger partial charge in [0.25, 0.3) is 0 Å². The van der Waals surface area contributed by atoms with Gasteiger partial charge in [-0.1, -0.05) is 30.3 Å². The highest BCUT2D eigenvalue weighted by Crippen LogP contribution is 2.34. The van der Waals surface area contributed by atoms with Gasteiger partial charge in [-0.05, 0) is 54.8 Å². The van der Waals surface area contributed by atoms with Crippen LogP contribution < -0.4 is 10.6 Å². The molecule has 3 amide bonds. The predicted molar refractivity (Wildman–Crippen MR) is 115 cm³/mol. The number of amides is 3. The topological polar surface area (TPSA) is 74.6 Å². The number of likely N-dealkylation sites (tertiary alicyclic amines) is 1. The highest BCUT2D eigenvalue weighted by atomic mass is 19.1. The number of furan rings is 1. The molecule has 2 atom stereocenters. The van der Waals surface area contributed by atoms with Gasteiger partial charge in [0, 0.05) is 12.2 Å². The lowest BCUT2D eigenvalue weighted by Gasteiger charge is -2.39. The van der Waals surface area contributed by atoms with Gasteiger partial charge in [-0.25, -0.2) is 9.18 Å². The lowest BCUT2D eigenvalue weighted by Crippen LogP contribution is -2.48. The molecule has 0 spiro atoms. The van der Waals surface area contributed by atoms with E-state index < -0.39 is 0 Å². The Hall–Kier alpha value is -3.61. The Kier molecular flexibility index (Phi) is 6.31. The van der Waals surface area contributed by atoms with Crippen LogP contribution in [-0.2, 0) is 11.3 Å². The van der Waals surface area contributed by atoms with Crippen molar-refractivity contribution in [3.8, 4) is 0 Å². The summed E-state index contributed by atoms with van der Waals surface area (Å²) in [5.41, 5.74) is 1.52. The number of benzene rings is 2. The van der Waals surface area contributed by atoms with Crippen LogP contribution in [-0.4, -0.2) is 23.4 Å². The number of rotatable bonds is 5. The summed E-state index contributed by atoms with van der Waals surface area (Å²) in [6.45, 7) is 0.574. The molecular formula is C24H24FN3O3. The Morgan fingerprint density at radius 3 is 2.48 bits per heavy atom. The van der Waals surface area contributed by atoms with Gasteiger partial charge in [-0.15, -0.1) is 0 Å². The van der Waals surface area contributed by atoms with Gasteiger partial charge < -0.3 is 20.0 Å². The lowest BCUT2D eigenvalue weighted by molar-refractivity contribution is -0.127. The van der Waals surface area contributed by atoms with Crippen LogP contribution in [0.15, 0.2) is 77.4 Å². The van der Waals surface area contributed by atoms with Crippen LogP contribution in [0.1, 0.15) is 30.2 Å². The highest BCUT2D eigenvalue weighted by molar-refractivity contribution is 5.90. The number of piperidine rings is 1. The van der Waals surface area contributed by atoms with Crippen LogP contribution in [0, 0.1) is 11.7 Å². The predicted octanol–water partition coefficient (Wildman–Crippen LogP) is 4.72. The van der Waals surface area contributed by atoms with Crippen molar-refractivity contribution in [3.63, 3.8) is 0 Å². The van der Waals surface area contributed by atoms with Gasteiger partial charge in [0.05, 0.1) is 24.8 Å². The average molecular weight is 421 g/mol. The molecule has 0 aliphatic carbocycles. The minimum Gasteiger partial charge on any atom is -0.467 e. The molecule has 3 aromatic rings. The van der Waals surface area contributed by atoms with Crippen LogP contribution in [0.3, 0.4) is 0 Å². The number of nitrogens with zero attached hydrogens (tertiary/aromatic N) is 1. The summed E-state index contributed by atoms with van der Waals surface area (Å²) in [6.07, 6.45) is 2.79. The van der Waals surface area contributed by atoms with E-state index >= 15 is 0 Å². The molecule has 2 heterocycles. The lowest BCUT2D eigenvalue weighted by atomic mass is 9.88. The second-order valence-corrected chi connectivity index (χ2v) is 7.59. The van der Waals surface area contributed by atoms with Crippen LogP contribution in [0.5, 0.6) is 0 Å². The summed E-state index contributed by atoms with van der Waals surface area (Å²) in [5.74, 6) is -0.110. The van der Waals surface area contributed by atoms with E-state index in [-0.39, 0.29) is 36.3 Å². The van der Waals surface area contributed by atoms with Crippen molar-refractivity contribution in [2.45, 2.75) is 25.4 Å². The molecule has 4 rings (SSSR count). The number of anilines is 1. The fourth-order valence-electron chi connectivity index (χ4n) is 3.89. The van der Waals surface area contributed by atoms with E-state index in [0.29, 0.717) is 30.8 Å². The van der Waals surface area contributed by atoms with E-state index in [1.807, 2.05) is 30.3 Å². The first-order chi connectivity index (χ1) is 15.1. The molecule has 1 aromatic heterocycles. The fourth-order valence-corrected chi connectivity index (χ4v) is 3.89. The number of hydrogen-bond donors (Lipinski definition) is 2. The van der Waals surface area contributed by atoms with Crippen molar-refractivity contribution in [3.05, 3.63) is 90.1 Å². The summed E-state index contributed by atoms with van der Waals surface area (Å²) >= 11 is 0. The minimum absolute atomic E-state index is 0.119. The molecule has 7 heteroatoms. The summed E-state index contributed by atoms with van der Waals surface area (Å²) in [6, 6.07) is 18.4. The van der Waals surface area contributed by atoms with Crippen LogP contribution in [0.2, 0.25) is 0 Å². The van der Waals surface area contributed by atoms with Gasteiger partial charge in [0.2, 0.25) is 5.91 Å². The number of halogens is 1. The third-order valence-electron chi connectivity index (χ3n) is 5.51. The van der Waals surface area contributed by atoms with Crippen LogP contribution >= 0.6 is 0 Å². The summed E-state index contributed by atoms with van der Waals surface area (Å²) < 4.78 is 18.7. The van der Waals surface area contributed by atoms with E-state index in [4.69, 9.17) is 4.42 Å². The zero-order valence-corrected chi connectivity index (χ0v) is 17.0. The standard InChI is InChI=1S/C24H24FN3O3/c25-19-11-8-17(9-12-19)22-13-10-18(23(29)26-15-21-7-4-14-31-21)16-28(22)24(30)27-20-5-2-1-3-6-20/h1-9,11-12,14,18,22H,10,13,15-16H2,(H,26,29)(H,27,30)/t18-,22-/m0/s1. The monoisotopic (exact) mass is 421 g/mol. The molecule has 6 nitrogen and oxygen atoms in total. The Morgan fingerprint density at radius 1 is 1.00 bits per heavy atom. The van der Waals surface area contributed by atoms with Gasteiger partial charge in [-0.3, -0.25) is 4.79 Å². The number of para-hydroxylation sites is 1. The molecule has 1 fully saturated rings. The Bertz CT molecular complexity index is 1010. The molecule has 31 heavy (non-hydrogen) atoms. The van der Waals surface area contributed by atoms with Crippen molar-refractivity contribution < 1.29 is 18.4 Å². The first-order valence-electron chi connectivity index (χ1n) is 10.3. The second kappa shape index (κ2) is 9.47. The van der Waals surface area contributed by atoms with Crippen molar-refractivity contribution in [1.82, 2.24) is 10.2 Å². The zero-order chi connectivity index (χ0) is 21.6. The average Bonchev–Trinajstić information content (AvgIpc) is 3.32. The SMILES string of the molecule is O=C(NCc1ccco1)[C@H]1CC[C@@H](c2ccc(F)cc2)N(C(=O)Nc2ccccc2)C1. The van der Waals surface area contributed by atoms with Gasteiger partial charge in [-0.2, -0.15) is 0 Å².